The van der Waals surface area contributed by atoms with Gasteiger partial charge < -0.3 is 68.5 Å². The van der Waals surface area contributed by atoms with Crippen LogP contribution >= 0.6 is 0 Å². The third kappa shape index (κ3) is 13.0. The van der Waals surface area contributed by atoms with Crippen LogP contribution in [0.4, 0.5) is 0 Å². The molecule has 4 atom stereocenters. The van der Waals surface area contributed by atoms with Crippen LogP contribution in [0.3, 0.4) is 0 Å². The predicted octanol–water partition coefficient (Wildman–Crippen LogP) is -12.6. The summed E-state index contributed by atoms with van der Waals surface area (Å²) in [5.41, 5.74) is 0. The number of carbonyl (C=O) groups excluding carboxylic acids is 2. The van der Waals surface area contributed by atoms with E-state index in [1.54, 1.807) is 0 Å². The van der Waals surface area contributed by atoms with E-state index in [0.29, 0.717) is 0 Å². The summed E-state index contributed by atoms with van der Waals surface area (Å²) in [4.78, 5) is 21.9. The molecule has 10 N–H and O–H groups in total. The summed E-state index contributed by atoms with van der Waals surface area (Å²) >= 11 is 0. The van der Waals surface area contributed by atoms with Gasteiger partial charge in [-0.15, -0.1) is 0 Å². The van der Waals surface area contributed by atoms with Gasteiger partial charge in [-0.2, -0.15) is 0 Å². The van der Waals surface area contributed by atoms with Crippen LogP contribution in [0.25, 0.3) is 0 Å². The molecule has 0 saturated carbocycles. The number of hydrogen-bond donors (Lipinski definition) is 6. The average Bonchev–Trinajstić information content (AvgIpc) is 3.10. The minimum atomic E-state index is -5.24. The molecule has 2 aliphatic heterocycles. The smallest absolute Gasteiger partial charge is 0.716 e. The third-order valence-electron chi connectivity index (χ3n) is 3.29. The van der Waals surface area contributed by atoms with Crippen LogP contribution in [-0.2, 0) is 48.2 Å². The van der Waals surface area contributed by atoms with E-state index in [4.69, 9.17) is 20.4 Å². The maximum Gasteiger partial charge on any atom is 1.00 e. The van der Waals surface area contributed by atoms with Gasteiger partial charge in [0.25, 0.3) is 32.3 Å². The summed E-state index contributed by atoms with van der Waals surface area (Å²) in [6, 6.07) is 0. The van der Waals surface area contributed by atoms with Crippen molar-refractivity contribution in [2.24, 2.45) is 0 Å². The second-order valence-corrected chi connectivity index (χ2v) is 7.53. The second-order valence-electron chi connectivity index (χ2n) is 5.56. The Kier molecular flexibility index (Phi) is 21.7. The molecule has 2 heterocycles. The molecule has 0 bridgehead atoms. The number of cyclic esters (lactones) is 2. The van der Waals surface area contributed by atoms with Gasteiger partial charge >= 0.3 is 115 Å². The van der Waals surface area contributed by atoms with Gasteiger partial charge in [0.2, 0.25) is 0 Å². The molecule has 0 radical (unpaired) electrons. The van der Waals surface area contributed by atoms with Crippen molar-refractivity contribution in [2.45, 2.75) is 24.4 Å². The Morgan fingerprint density at radius 2 is 1.00 bits per heavy atom. The number of aliphatic hydroxyl groups excluding tert-OH is 6. The van der Waals surface area contributed by atoms with Gasteiger partial charge in [0.15, 0.2) is 23.7 Å². The van der Waals surface area contributed by atoms with Crippen molar-refractivity contribution in [1.29, 1.82) is 0 Å². The van der Waals surface area contributed by atoms with Crippen LogP contribution in [0.5, 0.6) is 0 Å². The first-order chi connectivity index (χ1) is 14.5. The molecular formula is C12H18K2O20S2. The minimum Gasteiger partial charge on any atom is -0.716 e. The Morgan fingerprint density at radius 3 is 1.19 bits per heavy atom. The van der Waals surface area contributed by atoms with Crippen molar-refractivity contribution < 1.29 is 198 Å². The van der Waals surface area contributed by atoms with E-state index in [2.05, 4.69) is 17.8 Å². The molecule has 0 aromatic rings. The fourth-order valence-electron chi connectivity index (χ4n) is 1.99. The van der Waals surface area contributed by atoms with E-state index >= 15 is 0 Å². The van der Waals surface area contributed by atoms with Crippen molar-refractivity contribution in [3.8, 4) is 0 Å². The fourth-order valence-corrected chi connectivity index (χ4v) is 2.70. The zero-order valence-electron chi connectivity index (χ0n) is 18.1. The molecule has 0 spiro atoms. The van der Waals surface area contributed by atoms with Crippen molar-refractivity contribution in [2.75, 3.05) is 13.2 Å². The molecule has 200 valence electrons. The maximum absolute atomic E-state index is 10.9. The summed E-state index contributed by atoms with van der Waals surface area (Å²) < 4.78 is 76.9. The van der Waals surface area contributed by atoms with Crippen LogP contribution in [-0.4, -0.2) is 117 Å². The molecule has 0 unspecified atom stereocenters. The molecule has 0 aromatic heterocycles. The second kappa shape index (κ2) is 17.9. The van der Waals surface area contributed by atoms with Crippen LogP contribution in [0, 0.1) is 0 Å². The topological polar surface area (TPSA) is 370 Å². The van der Waals surface area contributed by atoms with E-state index in [1.165, 1.54) is 0 Å². The monoisotopic (exact) mass is 624 g/mol. The number of carbonyl (C=O) groups is 2. The molecular weight excluding hydrogens is 606 g/mol. The Morgan fingerprint density at radius 1 is 0.750 bits per heavy atom. The average molecular weight is 625 g/mol. The summed E-state index contributed by atoms with van der Waals surface area (Å²) in [7, 11) is -10.5. The fraction of sp³-hybridized carbons (Fsp3) is 0.500. The van der Waals surface area contributed by atoms with E-state index in [-0.39, 0.29) is 114 Å². The molecule has 20 nitrogen and oxygen atoms in total. The minimum absolute atomic E-state index is 0. The number of esters is 2. The van der Waals surface area contributed by atoms with Gasteiger partial charge in [-0.25, -0.2) is 26.4 Å². The number of hydrogen-bond acceptors (Lipinski definition) is 18. The Bertz CT molecular complexity index is 937. The van der Waals surface area contributed by atoms with E-state index in [9.17, 15) is 45.7 Å². The molecule has 0 aromatic carbocycles. The van der Waals surface area contributed by atoms with Crippen molar-refractivity contribution in [1.82, 2.24) is 0 Å². The molecule has 2 aliphatic rings. The Hall–Kier alpha value is 0.473. The van der Waals surface area contributed by atoms with Crippen molar-refractivity contribution in [3.05, 3.63) is 23.0 Å². The molecule has 0 fully saturated rings. The maximum atomic E-state index is 10.9. The van der Waals surface area contributed by atoms with Gasteiger partial charge in [0.1, 0.15) is 12.2 Å². The summed E-state index contributed by atoms with van der Waals surface area (Å²) in [6.45, 7) is -1.70. The van der Waals surface area contributed by atoms with Crippen molar-refractivity contribution in [3.63, 3.8) is 0 Å². The predicted molar refractivity (Wildman–Crippen MR) is 94.0 cm³/mol. The normalized spacial score (nSPS) is 20.6. The van der Waals surface area contributed by atoms with E-state index < -0.39 is 93.4 Å². The zero-order chi connectivity index (χ0) is 25.0. The van der Waals surface area contributed by atoms with E-state index in [1.807, 2.05) is 0 Å². The molecule has 0 aliphatic carbocycles. The van der Waals surface area contributed by atoms with Gasteiger partial charge in [-0.05, 0) is 0 Å². The molecule has 0 amide bonds. The Labute approximate surface area is 286 Å². The van der Waals surface area contributed by atoms with Crippen LogP contribution in [0.15, 0.2) is 23.0 Å². The van der Waals surface area contributed by atoms with Crippen molar-refractivity contribution >= 4 is 32.7 Å². The van der Waals surface area contributed by atoms with Gasteiger partial charge in [-0.1, -0.05) is 0 Å². The van der Waals surface area contributed by atoms with Gasteiger partial charge in [0.05, 0.1) is 13.2 Å². The Balaban J connectivity index is -0.000000256. The first kappa shape index (κ1) is 43.5. The summed E-state index contributed by atoms with van der Waals surface area (Å²) in [5.74, 6) is -7.40. The zero-order valence-corrected chi connectivity index (χ0v) is 26.0. The number of rotatable bonds is 8. The first-order valence-electron chi connectivity index (χ1n) is 7.69. The van der Waals surface area contributed by atoms with Crippen LogP contribution in [0.1, 0.15) is 0 Å². The number of aliphatic hydroxyl groups is 6. The largest absolute Gasteiger partial charge is 1.00 e. The molecule has 36 heavy (non-hydrogen) atoms. The summed E-state index contributed by atoms with van der Waals surface area (Å²) in [6.07, 6.45) is -6.62. The van der Waals surface area contributed by atoms with E-state index in [0.717, 1.165) is 0 Å². The standard InChI is InChI=1S/2C6H8O9S.2K.2H2O/c2*7-1-2(8)4-3(9)5(6(10)14-4)15-16(11,12)13;;;;/h2*2,4,7-9H,1H2,(H,11,12,13);;;2*1H2/q;;2*+1;;/p-2/t2*2-,4+;;;;/m00..../s1. The first-order valence-corrected chi connectivity index (χ1v) is 10.4. The SMILES string of the molecule is O.O.O=C1O[C@H]([C@@H](O)CO)C(O)=C1OS(=O)(=O)[O-].O=C1O[C@H]([C@@H](O)CO)C(O)=C1OS(=O)(=O)[O-].[K+].[K+]. The van der Waals surface area contributed by atoms with Gasteiger partial charge in [-0.3, -0.25) is 0 Å². The molecule has 0 saturated heterocycles. The molecule has 24 heteroatoms. The third-order valence-corrected chi connectivity index (χ3v) is 4.03. The quantitative estimate of drug-likeness (QED) is 0.0631. The summed E-state index contributed by atoms with van der Waals surface area (Å²) in [5, 5.41) is 53.6. The van der Waals surface area contributed by atoms with Crippen LogP contribution in [0.2, 0.25) is 0 Å². The van der Waals surface area contributed by atoms with Gasteiger partial charge in [0, 0.05) is 0 Å². The van der Waals surface area contributed by atoms with Crippen LogP contribution < -0.4 is 103 Å². The molecule has 2 rings (SSSR count). The number of ether oxygens (including phenoxy) is 2.